The number of hydrogen-bond acceptors (Lipinski definition) is 2. The molecule has 0 spiro atoms. The lowest BCUT2D eigenvalue weighted by Crippen LogP contribution is -2.27. The molecule has 1 saturated carbocycles. The van der Waals surface area contributed by atoms with Crippen LogP contribution in [0.25, 0.3) is 0 Å². The largest absolute Gasteiger partial charge is 0.325 e. The van der Waals surface area contributed by atoms with Crippen molar-refractivity contribution in [1.29, 1.82) is 0 Å². The zero-order valence-electron chi connectivity index (χ0n) is 9.90. The molecule has 1 fully saturated rings. The second-order valence-corrected chi connectivity index (χ2v) is 5.30. The quantitative estimate of drug-likeness (QED) is 0.821. The zero-order valence-corrected chi connectivity index (χ0v) is 9.90. The molecule has 1 aliphatic rings. The van der Waals surface area contributed by atoms with Crippen molar-refractivity contribution >= 4 is 0 Å². The number of nitrogens with two attached hydrogens (primary N) is 1. The minimum Gasteiger partial charge on any atom is -0.325 e. The highest BCUT2D eigenvalue weighted by Crippen LogP contribution is 2.43. The summed E-state index contributed by atoms with van der Waals surface area (Å²) in [7, 11) is 2.01. The maximum absolute atomic E-state index is 6.21. The van der Waals surface area contributed by atoms with Crippen molar-refractivity contribution in [2.75, 3.05) is 0 Å². The molecule has 1 aromatic rings. The molecule has 3 heteroatoms. The van der Waals surface area contributed by atoms with Gasteiger partial charge in [-0.1, -0.05) is 13.8 Å². The minimum absolute atomic E-state index is 0.124. The first kappa shape index (κ1) is 10.7. The van der Waals surface area contributed by atoms with Crippen LogP contribution in [0.1, 0.15) is 44.7 Å². The van der Waals surface area contributed by atoms with E-state index >= 15 is 0 Å². The Labute approximate surface area is 91.7 Å². The summed E-state index contributed by atoms with van der Waals surface area (Å²) in [5.74, 6) is 1.17. The van der Waals surface area contributed by atoms with E-state index in [4.69, 9.17) is 5.73 Å². The van der Waals surface area contributed by atoms with Crippen LogP contribution < -0.4 is 5.73 Å². The lowest BCUT2D eigenvalue weighted by Gasteiger charge is -2.24. The third-order valence-corrected chi connectivity index (χ3v) is 3.56. The molecule has 1 unspecified atom stereocenters. The van der Waals surface area contributed by atoms with Gasteiger partial charge in [0.05, 0.1) is 0 Å². The average molecular weight is 207 g/mol. The normalized spacial score (nSPS) is 20.6. The molecule has 2 rings (SSSR count). The fraction of sp³-hybridized carbons (Fsp3) is 0.750. The molecule has 1 aliphatic carbocycles. The molecule has 3 nitrogen and oxygen atoms in total. The first-order valence-electron chi connectivity index (χ1n) is 5.79. The number of hydrogen-bond donors (Lipinski definition) is 1. The SMILES string of the molecule is CC(C)C(CC1(N)CC1)c1ccnn1C. The van der Waals surface area contributed by atoms with Gasteiger partial charge >= 0.3 is 0 Å². The van der Waals surface area contributed by atoms with Crippen LogP contribution in [0.2, 0.25) is 0 Å². The van der Waals surface area contributed by atoms with E-state index in [1.807, 2.05) is 17.9 Å². The second-order valence-electron chi connectivity index (χ2n) is 5.30. The monoisotopic (exact) mass is 207 g/mol. The zero-order chi connectivity index (χ0) is 11.1. The molecule has 0 aliphatic heterocycles. The molecule has 0 saturated heterocycles. The van der Waals surface area contributed by atoms with Gasteiger partial charge in [0.2, 0.25) is 0 Å². The summed E-state index contributed by atoms with van der Waals surface area (Å²) in [5.41, 5.74) is 7.66. The van der Waals surface area contributed by atoms with Crippen molar-refractivity contribution < 1.29 is 0 Å². The van der Waals surface area contributed by atoms with Crippen molar-refractivity contribution in [3.8, 4) is 0 Å². The van der Waals surface area contributed by atoms with Crippen LogP contribution in [-0.4, -0.2) is 15.3 Å². The molecule has 1 heterocycles. The summed E-state index contributed by atoms with van der Waals surface area (Å²) in [6.07, 6.45) is 5.35. The van der Waals surface area contributed by atoms with Crippen molar-refractivity contribution in [2.24, 2.45) is 18.7 Å². The van der Waals surface area contributed by atoms with Crippen molar-refractivity contribution in [1.82, 2.24) is 9.78 Å². The van der Waals surface area contributed by atoms with E-state index in [2.05, 4.69) is 25.0 Å². The van der Waals surface area contributed by atoms with Crippen molar-refractivity contribution in [2.45, 2.75) is 44.6 Å². The van der Waals surface area contributed by atoms with E-state index in [0.717, 1.165) is 6.42 Å². The van der Waals surface area contributed by atoms with E-state index in [1.165, 1.54) is 18.5 Å². The summed E-state index contributed by atoms with van der Waals surface area (Å²) >= 11 is 0. The third kappa shape index (κ3) is 2.23. The number of rotatable bonds is 4. The Kier molecular flexibility index (Phi) is 2.59. The number of aryl methyl sites for hydroxylation is 1. The summed E-state index contributed by atoms with van der Waals surface area (Å²) < 4.78 is 1.98. The molecule has 1 atom stereocenters. The minimum atomic E-state index is 0.124. The van der Waals surface area contributed by atoms with Gasteiger partial charge in [0.25, 0.3) is 0 Å². The highest BCUT2D eigenvalue weighted by atomic mass is 15.3. The lowest BCUT2D eigenvalue weighted by atomic mass is 9.85. The molecular weight excluding hydrogens is 186 g/mol. The van der Waals surface area contributed by atoms with Gasteiger partial charge in [-0.05, 0) is 31.2 Å². The van der Waals surface area contributed by atoms with E-state index in [9.17, 15) is 0 Å². The fourth-order valence-electron chi connectivity index (χ4n) is 2.23. The molecule has 0 amide bonds. The Hall–Kier alpha value is -0.830. The third-order valence-electron chi connectivity index (χ3n) is 3.56. The summed E-state index contributed by atoms with van der Waals surface area (Å²) in [6, 6.07) is 2.12. The lowest BCUT2D eigenvalue weighted by molar-refractivity contribution is 0.398. The van der Waals surface area contributed by atoms with Gasteiger partial charge in [-0.25, -0.2) is 0 Å². The molecule has 2 N–H and O–H groups in total. The van der Waals surface area contributed by atoms with Crippen LogP contribution in [0.4, 0.5) is 0 Å². The fourth-order valence-corrected chi connectivity index (χ4v) is 2.23. The molecule has 0 radical (unpaired) electrons. The summed E-state index contributed by atoms with van der Waals surface area (Å²) in [6.45, 7) is 4.53. The van der Waals surface area contributed by atoms with Gasteiger partial charge in [0.1, 0.15) is 0 Å². The average Bonchev–Trinajstić information content (AvgIpc) is 2.73. The number of nitrogens with zero attached hydrogens (tertiary/aromatic N) is 2. The van der Waals surface area contributed by atoms with Gasteiger partial charge in [0, 0.05) is 30.4 Å². The first-order valence-corrected chi connectivity index (χ1v) is 5.79. The first-order chi connectivity index (χ1) is 7.02. The highest BCUT2D eigenvalue weighted by Gasteiger charge is 2.41. The molecule has 0 bridgehead atoms. The van der Waals surface area contributed by atoms with Crippen LogP contribution in [0, 0.1) is 5.92 Å². The van der Waals surface area contributed by atoms with Gasteiger partial charge in [-0.3, -0.25) is 4.68 Å². The molecule has 1 aromatic heterocycles. The summed E-state index contributed by atoms with van der Waals surface area (Å²) in [4.78, 5) is 0. The Bertz CT molecular complexity index is 336. The van der Waals surface area contributed by atoms with Gasteiger partial charge in [0.15, 0.2) is 0 Å². The van der Waals surface area contributed by atoms with Crippen LogP contribution in [0.3, 0.4) is 0 Å². The molecule has 15 heavy (non-hydrogen) atoms. The Morgan fingerprint density at radius 3 is 2.60 bits per heavy atom. The maximum atomic E-state index is 6.21. The van der Waals surface area contributed by atoms with Gasteiger partial charge in [-0.15, -0.1) is 0 Å². The highest BCUT2D eigenvalue weighted by molar-refractivity contribution is 5.13. The molecule has 84 valence electrons. The van der Waals surface area contributed by atoms with Crippen molar-refractivity contribution in [3.63, 3.8) is 0 Å². The number of aromatic nitrogens is 2. The van der Waals surface area contributed by atoms with Crippen molar-refractivity contribution in [3.05, 3.63) is 18.0 Å². The summed E-state index contributed by atoms with van der Waals surface area (Å²) in [5, 5.41) is 4.25. The topological polar surface area (TPSA) is 43.8 Å². The van der Waals surface area contributed by atoms with Crippen LogP contribution in [0.5, 0.6) is 0 Å². The Morgan fingerprint density at radius 2 is 2.20 bits per heavy atom. The Morgan fingerprint density at radius 1 is 1.53 bits per heavy atom. The second kappa shape index (κ2) is 3.63. The van der Waals surface area contributed by atoms with Crippen LogP contribution >= 0.6 is 0 Å². The smallest absolute Gasteiger partial charge is 0.0492 e. The Balaban J connectivity index is 2.16. The molecule has 0 aromatic carbocycles. The molecular formula is C12H21N3. The van der Waals surface area contributed by atoms with Crippen LogP contribution in [-0.2, 0) is 7.05 Å². The standard InChI is InChI=1S/C12H21N3/c1-9(2)10(8-12(13)5-6-12)11-4-7-14-15(11)3/h4,7,9-10H,5-6,8,13H2,1-3H3. The van der Waals surface area contributed by atoms with E-state index in [1.54, 1.807) is 0 Å². The van der Waals surface area contributed by atoms with Crippen LogP contribution in [0.15, 0.2) is 12.3 Å². The van der Waals surface area contributed by atoms with Gasteiger partial charge in [-0.2, -0.15) is 5.10 Å². The van der Waals surface area contributed by atoms with Gasteiger partial charge < -0.3 is 5.73 Å². The predicted octanol–water partition coefficient (Wildman–Crippen LogP) is 2.04. The maximum Gasteiger partial charge on any atom is 0.0492 e. The predicted molar refractivity (Wildman–Crippen MR) is 61.6 cm³/mol. The van der Waals surface area contributed by atoms with E-state index in [-0.39, 0.29) is 5.54 Å². The van der Waals surface area contributed by atoms with E-state index < -0.39 is 0 Å². The van der Waals surface area contributed by atoms with E-state index in [0.29, 0.717) is 11.8 Å².